The first-order valence-corrected chi connectivity index (χ1v) is 9.58. The average Bonchev–Trinajstić information content (AvgIpc) is 2.74. The van der Waals surface area contributed by atoms with Gasteiger partial charge in [0.15, 0.2) is 0 Å². The third kappa shape index (κ3) is 3.85. The summed E-state index contributed by atoms with van der Waals surface area (Å²) in [7, 11) is 3.73. The Kier molecular flexibility index (Phi) is 5.26. The molecule has 1 aromatic heterocycles. The molecular formula is C23H24N2O3. The number of esters is 1. The third-order valence-electron chi connectivity index (χ3n) is 5.26. The van der Waals surface area contributed by atoms with Crippen molar-refractivity contribution in [2.75, 3.05) is 27.2 Å². The highest BCUT2D eigenvalue weighted by molar-refractivity contribution is 6.04. The molecular weight excluding hydrogens is 352 g/mol. The van der Waals surface area contributed by atoms with Gasteiger partial charge in [-0.15, -0.1) is 0 Å². The molecule has 3 aromatic rings. The molecule has 1 fully saturated rings. The van der Waals surface area contributed by atoms with Gasteiger partial charge in [-0.05, 0) is 56.3 Å². The van der Waals surface area contributed by atoms with Gasteiger partial charge in [-0.25, -0.2) is 9.78 Å². The number of hydrogen-bond acceptors (Lipinski definition) is 5. The van der Waals surface area contributed by atoms with E-state index in [2.05, 4.69) is 11.9 Å². The number of methoxy groups -OCH3 is 1. The van der Waals surface area contributed by atoms with Crippen LogP contribution in [-0.4, -0.2) is 49.2 Å². The number of ether oxygens (including phenoxy) is 2. The van der Waals surface area contributed by atoms with Gasteiger partial charge in [0.05, 0.1) is 23.9 Å². The van der Waals surface area contributed by atoms with Gasteiger partial charge in [0.25, 0.3) is 0 Å². The van der Waals surface area contributed by atoms with Crippen molar-refractivity contribution in [1.29, 1.82) is 0 Å². The molecule has 0 radical (unpaired) electrons. The van der Waals surface area contributed by atoms with E-state index in [1.54, 1.807) is 7.11 Å². The Balaban J connectivity index is 1.68. The Hall–Kier alpha value is -2.92. The van der Waals surface area contributed by atoms with Crippen LogP contribution in [0, 0.1) is 0 Å². The fourth-order valence-electron chi connectivity index (χ4n) is 3.57. The van der Waals surface area contributed by atoms with Gasteiger partial charge in [0.2, 0.25) is 0 Å². The second kappa shape index (κ2) is 7.98. The molecule has 2 aromatic carbocycles. The maximum absolute atomic E-state index is 13.0. The van der Waals surface area contributed by atoms with Gasteiger partial charge in [-0.2, -0.15) is 0 Å². The van der Waals surface area contributed by atoms with Gasteiger partial charge in [0, 0.05) is 24.0 Å². The van der Waals surface area contributed by atoms with Crippen molar-refractivity contribution in [3.05, 3.63) is 60.2 Å². The quantitative estimate of drug-likeness (QED) is 0.640. The molecule has 4 rings (SSSR count). The number of aromatic nitrogens is 1. The number of para-hydroxylation sites is 1. The molecule has 0 spiro atoms. The van der Waals surface area contributed by atoms with Crippen LogP contribution in [0.4, 0.5) is 0 Å². The second-order valence-electron chi connectivity index (χ2n) is 7.21. The van der Waals surface area contributed by atoms with Crippen LogP contribution in [0.25, 0.3) is 22.2 Å². The minimum atomic E-state index is -0.275. The molecule has 0 N–H and O–H groups in total. The van der Waals surface area contributed by atoms with Crippen molar-refractivity contribution in [2.24, 2.45) is 0 Å². The van der Waals surface area contributed by atoms with E-state index >= 15 is 0 Å². The predicted octanol–water partition coefficient (Wildman–Crippen LogP) is 4.16. The number of pyridine rings is 1. The first-order valence-electron chi connectivity index (χ1n) is 9.58. The molecule has 144 valence electrons. The van der Waals surface area contributed by atoms with Crippen molar-refractivity contribution >= 4 is 16.9 Å². The second-order valence-corrected chi connectivity index (χ2v) is 7.21. The molecule has 28 heavy (non-hydrogen) atoms. The Labute approximate surface area is 164 Å². The first kappa shape index (κ1) is 18.4. The number of rotatable bonds is 4. The zero-order valence-corrected chi connectivity index (χ0v) is 16.2. The fourth-order valence-corrected chi connectivity index (χ4v) is 3.57. The van der Waals surface area contributed by atoms with Gasteiger partial charge in [0.1, 0.15) is 11.9 Å². The predicted molar refractivity (Wildman–Crippen MR) is 110 cm³/mol. The maximum Gasteiger partial charge on any atom is 0.339 e. The van der Waals surface area contributed by atoms with Crippen LogP contribution in [0.3, 0.4) is 0 Å². The van der Waals surface area contributed by atoms with Crippen LogP contribution in [0.1, 0.15) is 23.2 Å². The molecule has 5 heteroatoms. The number of fused-ring (bicyclic) bond motifs is 1. The van der Waals surface area contributed by atoms with E-state index < -0.39 is 0 Å². The monoisotopic (exact) mass is 376 g/mol. The van der Waals surface area contributed by atoms with Crippen molar-refractivity contribution < 1.29 is 14.3 Å². The highest BCUT2D eigenvalue weighted by Crippen LogP contribution is 2.27. The molecule has 1 saturated heterocycles. The van der Waals surface area contributed by atoms with E-state index in [1.165, 1.54) is 0 Å². The van der Waals surface area contributed by atoms with Gasteiger partial charge in [-0.3, -0.25) is 0 Å². The normalized spacial score (nSPS) is 15.5. The van der Waals surface area contributed by atoms with Crippen LogP contribution in [0.15, 0.2) is 54.6 Å². The lowest BCUT2D eigenvalue weighted by Gasteiger charge is -2.28. The summed E-state index contributed by atoms with van der Waals surface area (Å²) in [5.74, 6) is 0.509. The lowest BCUT2D eigenvalue weighted by Crippen LogP contribution is -2.35. The Bertz CT molecular complexity index is 977. The molecule has 0 saturated carbocycles. The summed E-state index contributed by atoms with van der Waals surface area (Å²) < 4.78 is 11.1. The topological polar surface area (TPSA) is 51.7 Å². The van der Waals surface area contributed by atoms with E-state index in [4.69, 9.17) is 14.5 Å². The fraction of sp³-hybridized carbons (Fsp3) is 0.304. The summed E-state index contributed by atoms with van der Waals surface area (Å²) in [6.07, 6.45) is 1.72. The minimum Gasteiger partial charge on any atom is -0.497 e. The number of carbonyl (C=O) groups excluding carboxylic acids is 1. The van der Waals surface area contributed by atoms with Crippen molar-refractivity contribution in [3.63, 3.8) is 0 Å². The SMILES string of the molecule is COc1ccc(-c2cc(C(=O)OC3CCN(C)CC3)c3ccccc3n2)cc1. The number of likely N-dealkylation sites (tertiary alicyclic amines) is 1. The highest BCUT2D eigenvalue weighted by atomic mass is 16.5. The summed E-state index contributed by atoms with van der Waals surface area (Å²) >= 11 is 0. The van der Waals surface area contributed by atoms with Crippen molar-refractivity contribution in [3.8, 4) is 17.0 Å². The van der Waals surface area contributed by atoms with Crippen molar-refractivity contribution in [1.82, 2.24) is 9.88 Å². The zero-order valence-electron chi connectivity index (χ0n) is 16.2. The summed E-state index contributed by atoms with van der Waals surface area (Å²) in [5.41, 5.74) is 3.03. The highest BCUT2D eigenvalue weighted by Gasteiger charge is 2.23. The lowest BCUT2D eigenvalue weighted by molar-refractivity contribution is 0.0141. The smallest absolute Gasteiger partial charge is 0.339 e. The summed E-state index contributed by atoms with van der Waals surface area (Å²) in [6, 6.07) is 17.2. The molecule has 1 aliphatic rings. The van der Waals surface area contributed by atoms with E-state index in [0.717, 1.165) is 53.8 Å². The molecule has 0 amide bonds. The standard InChI is InChI=1S/C23H24N2O3/c1-25-13-11-18(12-14-25)28-23(26)20-15-22(16-7-9-17(27-2)10-8-16)24-21-6-4-3-5-19(20)21/h3-10,15,18H,11-14H2,1-2H3. The van der Waals surface area contributed by atoms with E-state index in [-0.39, 0.29) is 12.1 Å². The average molecular weight is 376 g/mol. The van der Waals surface area contributed by atoms with E-state index in [9.17, 15) is 4.79 Å². The van der Waals surface area contributed by atoms with E-state index in [1.807, 2.05) is 54.6 Å². The van der Waals surface area contributed by atoms with Crippen LogP contribution < -0.4 is 4.74 Å². The Morgan fingerprint density at radius 3 is 2.50 bits per heavy atom. The maximum atomic E-state index is 13.0. The van der Waals surface area contributed by atoms with E-state index in [0.29, 0.717) is 5.56 Å². The molecule has 5 nitrogen and oxygen atoms in total. The largest absolute Gasteiger partial charge is 0.497 e. The third-order valence-corrected chi connectivity index (χ3v) is 5.26. The zero-order chi connectivity index (χ0) is 19.5. The number of carbonyl (C=O) groups is 1. The number of benzene rings is 2. The van der Waals surface area contributed by atoms with Crippen LogP contribution in [0.2, 0.25) is 0 Å². The molecule has 1 aliphatic heterocycles. The Morgan fingerprint density at radius 1 is 1.07 bits per heavy atom. The van der Waals surface area contributed by atoms with Crippen LogP contribution in [-0.2, 0) is 4.74 Å². The first-order chi connectivity index (χ1) is 13.6. The molecule has 0 unspecified atom stereocenters. The van der Waals surface area contributed by atoms with Crippen molar-refractivity contribution in [2.45, 2.75) is 18.9 Å². The Morgan fingerprint density at radius 2 is 1.79 bits per heavy atom. The number of hydrogen-bond donors (Lipinski definition) is 0. The van der Waals surface area contributed by atoms with Gasteiger partial charge in [-0.1, -0.05) is 18.2 Å². The van der Waals surface area contributed by atoms with Crippen LogP contribution >= 0.6 is 0 Å². The lowest BCUT2D eigenvalue weighted by atomic mass is 10.0. The molecule has 0 bridgehead atoms. The molecule has 0 aliphatic carbocycles. The summed E-state index contributed by atoms with van der Waals surface area (Å²) in [6.45, 7) is 1.90. The molecule has 0 atom stereocenters. The molecule has 2 heterocycles. The van der Waals surface area contributed by atoms with Gasteiger partial charge >= 0.3 is 5.97 Å². The van der Waals surface area contributed by atoms with Gasteiger partial charge < -0.3 is 14.4 Å². The number of nitrogens with zero attached hydrogens (tertiary/aromatic N) is 2. The number of piperidine rings is 1. The summed E-state index contributed by atoms with van der Waals surface area (Å²) in [4.78, 5) is 20.0. The van der Waals surface area contributed by atoms with Crippen LogP contribution in [0.5, 0.6) is 5.75 Å². The summed E-state index contributed by atoms with van der Waals surface area (Å²) in [5, 5.41) is 0.817. The minimum absolute atomic E-state index is 0.0277.